The number of Topliss-reactive ketones (excluding diaryl/α,β-unsaturated/α-hetero) is 1. The van der Waals surface area contributed by atoms with Crippen LogP contribution in [0.2, 0.25) is 0 Å². The summed E-state index contributed by atoms with van der Waals surface area (Å²) in [5.74, 6) is -0.459. The van der Waals surface area contributed by atoms with Crippen molar-refractivity contribution in [1.82, 2.24) is 0 Å². The number of unbranched alkanes of at least 4 members (excludes halogenated alkanes) is 1. The maximum Gasteiger partial charge on any atom is 0.306 e. The van der Waals surface area contributed by atoms with Crippen molar-refractivity contribution in [2.75, 3.05) is 6.61 Å². The third-order valence-electron chi connectivity index (χ3n) is 9.05. The minimum atomic E-state index is -1.51. The van der Waals surface area contributed by atoms with Gasteiger partial charge in [-0.05, 0) is 68.9 Å². The highest BCUT2D eigenvalue weighted by atomic mass is 16.5. The molecule has 0 aliphatic heterocycles. The van der Waals surface area contributed by atoms with E-state index >= 15 is 0 Å². The van der Waals surface area contributed by atoms with Crippen LogP contribution in [0, 0.1) is 28.6 Å². The molecule has 0 aromatic heterocycles. The summed E-state index contributed by atoms with van der Waals surface area (Å²) in [6.45, 7) is 7.82. The SMILES string of the molecule is CCCCC(=O)OCC(=O)[C@@]1(O)[C@@H](C)CC2C3CCC4=CC(=O)C=C[C@]4(C)C3=CC[C@@]21C. The summed E-state index contributed by atoms with van der Waals surface area (Å²) in [4.78, 5) is 37.2. The maximum atomic E-state index is 13.3. The van der Waals surface area contributed by atoms with E-state index < -0.39 is 11.0 Å². The molecule has 2 unspecified atom stereocenters. The molecule has 4 aliphatic rings. The highest BCUT2D eigenvalue weighted by Gasteiger charge is 2.67. The summed E-state index contributed by atoms with van der Waals surface area (Å²) in [5, 5.41) is 11.9. The second-order valence-electron chi connectivity index (χ2n) is 10.7. The quantitative estimate of drug-likeness (QED) is 0.486. The lowest BCUT2D eigenvalue weighted by Crippen LogP contribution is -2.57. The van der Waals surface area contributed by atoms with Crippen LogP contribution in [0.15, 0.2) is 35.5 Å². The molecule has 1 N–H and O–H groups in total. The standard InChI is InChI=1S/C27H36O5/c1-5-6-7-24(30)32-16-23(29)27(31)17(2)14-22-20-9-8-18-15-19(28)10-12-25(18,3)21(20)11-13-26(22,27)4/h10-12,15,17,20,22,31H,5-9,13-14,16H2,1-4H3/t17-,20?,22?,25-,26-,27-/m0/s1. The first-order valence-electron chi connectivity index (χ1n) is 12.1. The second kappa shape index (κ2) is 8.09. The smallest absolute Gasteiger partial charge is 0.306 e. The molecule has 0 aromatic carbocycles. The van der Waals surface area contributed by atoms with Crippen LogP contribution in [0.1, 0.15) is 72.6 Å². The molecule has 0 heterocycles. The highest BCUT2D eigenvalue weighted by molar-refractivity contribution is 6.01. The second-order valence-corrected chi connectivity index (χ2v) is 10.7. The lowest BCUT2D eigenvalue weighted by molar-refractivity contribution is -0.167. The predicted molar refractivity (Wildman–Crippen MR) is 122 cm³/mol. The van der Waals surface area contributed by atoms with Gasteiger partial charge in [-0.25, -0.2) is 0 Å². The Morgan fingerprint density at radius 1 is 1.28 bits per heavy atom. The molecule has 0 aromatic rings. The lowest BCUT2D eigenvalue weighted by atomic mass is 9.51. The first kappa shape index (κ1) is 23.2. The molecule has 4 rings (SSSR count). The molecular formula is C27H36O5. The summed E-state index contributed by atoms with van der Waals surface area (Å²) in [5.41, 5.74) is 0.143. The van der Waals surface area contributed by atoms with E-state index in [9.17, 15) is 19.5 Å². The zero-order valence-corrected chi connectivity index (χ0v) is 19.8. The molecule has 2 fully saturated rings. The maximum absolute atomic E-state index is 13.3. The zero-order chi connectivity index (χ0) is 23.3. The third kappa shape index (κ3) is 3.27. The summed E-state index contributed by atoms with van der Waals surface area (Å²) < 4.78 is 5.25. The zero-order valence-electron chi connectivity index (χ0n) is 19.8. The molecule has 0 bridgehead atoms. The van der Waals surface area contributed by atoms with Gasteiger partial charge in [-0.2, -0.15) is 0 Å². The number of aliphatic hydroxyl groups is 1. The van der Waals surface area contributed by atoms with Gasteiger partial charge in [0.2, 0.25) is 5.78 Å². The fourth-order valence-electron chi connectivity index (χ4n) is 7.11. The molecule has 2 saturated carbocycles. The highest BCUT2D eigenvalue weighted by Crippen LogP contribution is 2.66. The largest absolute Gasteiger partial charge is 0.458 e. The van der Waals surface area contributed by atoms with E-state index in [0.717, 1.165) is 32.1 Å². The van der Waals surface area contributed by atoms with Crippen LogP contribution in [0.25, 0.3) is 0 Å². The van der Waals surface area contributed by atoms with Crippen molar-refractivity contribution in [3.63, 3.8) is 0 Å². The Kier molecular flexibility index (Phi) is 5.85. The minimum absolute atomic E-state index is 0.0557. The fourth-order valence-corrected chi connectivity index (χ4v) is 7.11. The van der Waals surface area contributed by atoms with Gasteiger partial charge < -0.3 is 9.84 Å². The first-order chi connectivity index (χ1) is 15.1. The van der Waals surface area contributed by atoms with Gasteiger partial charge in [0.1, 0.15) is 5.60 Å². The summed E-state index contributed by atoms with van der Waals surface area (Å²) in [6.07, 6.45) is 12.8. The topological polar surface area (TPSA) is 80.7 Å². The first-order valence-corrected chi connectivity index (χ1v) is 12.1. The molecule has 0 radical (unpaired) electrons. The van der Waals surface area contributed by atoms with Crippen molar-refractivity contribution in [2.45, 2.75) is 78.2 Å². The number of ketones is 2. The Morgan fingerprint density at radius 2 is 2.03 bits per heavy atom. The van der Waals surface area contributed by atoms with Crippen molar-refractivity contribution in [2.24, 2.45) is 28.6 Å². The molecule has 6 atom stereocenters. The normalized spacial score (nSPS) is 40.0. The van der Waals surface area contributed by atoms with Gasteiger partial charge in [0.15, 0.2) is 12.4 Å². The van der Waals surface area contributed by atoms with Crippen molar-refractivity contribution in [3.8, 4) is 0 Å². The molecule has 0 amide bonds. The number of ether oxygens (including phenoxy) is 1. The molecular weight excluding hydrogens is 404 g/mol. The van der Waals surface area contributed by atoms with Crippen molar-refractivity contribution in [1.29, 1.82) is 0 Å². The van der Waals surface area contributed by atoms with Gasteiger partial charge in [0.25, 0.3) is 0 Å². The van der Waals surface area contributed by atoms with Crippen molar-refractivity contribution in [3.05, 3.63) is 35.5 Å². The lowest BCUT2D eigenvalue weighted by Gasteiger charge is -2.53. The van der Waals surface area contributed by atoms with E-state index in [4.69, 9.17) is 4.74 Å². The molecule has 174 valence electrons. The molecule has 0 spiro atoms. The number of carbonyl (C=O) groups is 3. The number of fused-ring (bicyclic) bond motifs is 5. The average molecular weight is 441 g/mol. The molecule has 4 aliphatic carbocycles. The molecule has 5 heteroatoms. The minimum Gasteiger partial charge on any atom is -0.458 e. The van der Waals surface area contributed by atoms with Crippen molar-refractivity contribution < 1.29 is 24.2 Å². The Hall–Kier alpha value is -2.01. The van der Waals surface area contributed by atoms with Gasteiger partial charge in [-0.15, -0.1) is 0 Å². The van der Waals surface area contributed by atoms with E-state index in [1.54, 1.807) is 12.2 Å². The Labute approximate surface area is 191 Å². The summed E-state index contributed by atoms with van der Waals surface area (Å²) in [6, 6.07) is 0. The number of esters is 1. The third-order valence-corrected chi connectivity index (χ3v) is 9.05. The number of allylic oxidation sites excluding steroid dienone is 6. The number of hydrogen-bond donors (Lipinski definition) is 1. The van der Waals surface area contributed by atoms with Crippen LogP contribution in [0.3, 0.4) is 0 Å². The van der Waals surface area contributed by atoms with Crippen LogP contribution >= 0.6 is 0 Å². The van der Waals surface area contributed by atoms with Crippen LogP contribution in [0.4, 0.5) is 0 Å². The number of hydrogen-bond acceptors (Lipinski definition) is 5. The summed E-state index contributed by atoms with van der Waals surface area (Å²) in [7, 11) is 0. The Morgan fingerprint density at radius 3 is 2.75 bits per heavy atom. The average Bonchev–Trinajstić information content (AvgIpc) is 2.98. The van der Waals surface area contributed by atoms with E-state index in [0.29, 0.717) is 12.8 Å². The number of rotatable bonds is 6. The van der Waals surface area contributed by atoms with Gasteiger partial charge in [-0.3, -0.25) is 14.4 Å². The monoisotopic (exact) mass is 440 g/mol. The van der Waals surface area contributed by atoms with Gasteiger partial charge in [0, 0.05) is 17.3 Å². The molecule has 5 nitrogen and oxygen atoms in total. The van der Waals surface area contributed by atoms with Crippen molar-refractivity contribution >= 4 is 17.5 Å². The van der Waals surface area contributed by atoms with Crippen LogP contribution in [-0.2, 0) is 19.1 Å². The number of carbonyl (C=O) groups excluding carboxylic acids is 3. The van der Waals surface area contributed by atoms with E-state index in [2.05, 4.69) is 13.0 Å². The molecule has 0 saturated heterocycles. The summed E-state index contributed by atoms with van der Waals surface area (Å²) >= 11 is 0. The van der Waals surface area contributed by atoms with Crippen LogP contribution in [0.5, 0.6) is 0 Å². The fraction of sp³-hybridized carbons (Fsp3) is 0.667. The Bertz CT molecular complexity index is 926. The van der Waals surface area contributed by atoms with E-state index in [-0.39, 0.29) is 47.3 Å². The van der Waals surface area contributed by atoms with Gasteiger partial charge >= 0.3 is 5.97 Å². The van der Waals surface area contributed by atoms with Gasteiger partial charge in [-0.1, -0.05) is 50.5 Å². The van der Waals surface area contributed by atoms with Crippen LogP contribution in [-0.4, -0.2) is 34.9 Å². The van der Waals surface area contributed by atoms with Gasteiger partial charge in [0.05, 0.1) is 0 Å². The van der Waals surface area contributed by atoms with Crippen LogP contribution < -0.4 is 0 Å². The van der Waals surface area contributed by atoms with E-state index in [1.807, 2.05) is 26.8 Å². The predicted octanol–water partition coefficient (Wildman–Crippen LogP) is 4.49. The Balaban J connectivity index is 1.60. The molecule has 32 heavy (non-hydrogen) atoms. The van der Waals surface area contributed by atoms with E-state index in [1.165, 1.54) is 11.1 Å².